The van der Waals surface area contributed by atoms with Crippen molar-refractivity contribution in [3.63, 3.8) is 0 Å². The van der Waals surface area contributed by atoms with Crippen LogP contribution in [0.4, 0.5) is 34.1 Å². The molecule has 330 valence electrons. The lowest BCUT2D eigenvalue weighted by molar-refractivity contribution is 0.591. The van der Waals surface area contributed by atoms with Gasteiger partial charge in [-0.25, -0.2) is 0 Å². The van der Waals surface area contributed by atoms with Crippen molar-refractivity contribution >= 4 is 111 Å². The number of anilines is 6. The number of thiophene rings is 1. The number of hydrogen-bond donors (Lipinski definition) is 0. The molecule has 5 nitrogen and oxygen atoms in total. The normalized spacial score (nSPS) is 13.2. The minimum atomic E-state index is -0.0374. The van der Waals surface area contributed by atoms with Gasteiger partial charge in [-0.1, -0.05) is 112 Å². The summed E-state index contributed by atoms with van der Waals surface area (Å²) in [7, 11) is 0. The molecule has 69 heavy (non-hydrogen) atoms. The van der Waals surface area contributed by atoms with Gasteiger partial charge in [0.05, 0.1) is 17.6 Å². The van der Waals surface area contributed by atoms with E-state index < -0.39 is 0 Å². The quantitative estimate of drug-likeness (QED) is 0.161. The lowest BCUT2D eigenvalue weighted by Gasteiger charge is -2.43. The molecule has 7 heteroatoms. The number of furan rings is 3. The molecular weight excluding hydrogens is 864 g/mol. The molecule has 6 heterocycles. The molecular formula is C62H45BN2O3S. The van der Waals surface area contributed by atoms with Crippen LogP contribution in [0, 0.1) is 13.8 Å². The van der Waals surface area contributed by atoms with E-state index in [0.717, 1.165) is 83.7 Å². The van der Waals surface area contributed by atoms with Gasteiger partial charge < -0.3 is 23.1 Å². The SMILES string of the molecule is Cc1cc(-c2coc3ccccc23)cc(C)c1N1c2cccc3c2B(c2ccc(-c4cc5ccccc5o4)cc2N3c2cccc(-c3cc4ccccc4o3)c2)c2sc3ccc(C(C)(C)C)cc3c21. The standard InChI is InChI=1S/C62H45BN2O3S/c1-36-28-42(47-35-66-54-23-11-8-18-45(47)54)29-37(2)59(36)65-50-20-13-19-49-58(50)63(61-60(65)46-34-43(62(3,4)5)25-27-57(46)69-61)48-26-24-41(56-33-40-15-7-10-22-53(40)68-56)31-51(48)64(49)44-17-12-16-38(30-44)55-32-39-14-6-9-21-52(39)67-55/h6-35H,1-5H3. The van der Waals surface area contributed by atoms with E-state index in [-0.39, 0.29) is 12.1 Å². The van der Waals surface area contributed by atoms with Gasteiger partial charge >= 0.3 is 0 Å². The predicted octanol–water partition coefficient (Wildman–Crippen LogP) is 16.1. The Bertz CT molecular complexity index is 4000. The van der Waals surface area contributed by atoms with Crippen LogP contribution in [0.2, 0.25) is 0 Å². The molecule has 2 aliphatic heterocycles. The van der Waals surface area contributed by atoms with Gasteiger partial charge in [-0.3, -0.25) is 0 Å². The van der Waals surface area contributed by atoms with Gasteiger partial charge in [0.1, 0.15) is 28.3 Å². The zero-order chi connectivity index (χ0) is 46.3. The number of aryl methyl sites for hydroxylation is 2. The molecule has 0 spiro atoms. The third kappa shape index (κ3) is 6.09. The van der Waals surface area contributed by atoms with Crippen LogP contribution in [-0.4, -0.2) is 6.71 Å². The summed E-state index contributed by atoms with van der Waals surface area (Å²) < 4.78 is 21.8. The van der Waals surface area contributed by atoms with Gasteiger partial charge in [-0.15, -0.1) is 11.3 Å². The summed E-state index contributed by atoms with van der Waals surface area (Å²) in [6.45, 7) is 11.4. The molecule has 0 N–H and O–H groups in total. The molecule has 0 atom stereocenters. The van der Waals surface area contributed by atoms with Crippen LogP contribution in [0.5, 0.6) is 0 Å². The zero-order valence-corrected chi connectivity index (χ0v) is 39.7. The Morgan fingerprint density at radius 1 is 0.507 bits per heavy atom. The van der Waals surface area contributed by atoms with Crippen molar-refractivity contribution in [3.05, 3.63) is 199 Å². The van der Waals surface area contributed by atoms with E-state index in [9.17, 15) is 0 Å². The molecule has 0 radical (unpaired) electrons. The summed E-state index contributed by atoms with van der Waals surface area (Å²) >= 11 is 1.93. The van der Waals surface area contributed by atoms with Crippen LogP contribution in [0.15, 0.2) is 195 Å². The van der Waals surface area contributed by atoms with Crippen molar-refractivity contribution in [2.45, 2.75) is 40.0 Å². The van der Waals surface area contributed by atoms with Crippen molar-refractivity contribution in [2.75, 3.05) is 9.80 Å². The van der Waals surface area contributed by atoms with Gasteiger partial charge in [0.15, 0.2) is 0 Å². The molecule has 0 saturated heterocycles. The van der Waals surface area contributed by atoms with Crippen molar-refractivity contribution in [2.24, 2.45) is 0 Å². The second kappa shape index (κ2) is 14.8. The molecule has 0 bridgehead atoms. The number of rotatable bonds is 5. The smallest absolute Gasteiger partial charge is 0.264 e. The van der Waals surface area contributed by atoms with Gasteiger partial charge in [-0.05, 0) is 137 Å². The minimum Gasteiger partial charge on any atom is -0.464 e. The molecule has 0 amide bonds. The van der Waals surface area contributed by atoms with Crippen molar-refractivity contribution in [1.29, 1.82) is 0 Å². The van der Waals surface area contributed by atoms with Crippen molar-refractivity contribution < 1.29 is 13.3 Å². The highest BCUT2D eigenvalue weighted by atomic mass is 32.1. The zero-order valence-electron chi connectivity index (χ0n) is 38.9. The van der Waals surface area contributed by atoms with E-state index in [0.29, 0.717) is 0 Å². The Kier molecular flexibility index (Phi) is 8.57. The van der Waals surface area contributed by atoms with E-state index in [1.165, 1.54) is 59.5 Å². The maximum absolute atomic E-state index is 6.58. The van der Waals surface area contributed by atoms with Crippen molar-refractivity contribution in [3.8, 4) is 33.8 Å². The Hall–Kier alpha value is -8.00. The maximum Gasteiger partial charge on any atom is 0.264 e. The highest BCUT2D eigenvalue weighted by Crippen LogP contribution is 2.51. The predicted molar refractivity (Wildman–Crippen MR) is 290 cm³/mol. The molecule has 8 aromatic carbocycles. The average Bonchev–Trinajstić information content (AvgIpc) is 4.18. The Morgan fingerprint density at radius 3 is 1.87 bits per heavy atom. The second-order valence-corrected chi connectivity index (χ2v) is 20.9. The first-order valence-corrected chi connectivity index (χ1v) is 24.6. The fourth-order valence-corrected chi connectivity index (χ4v) is 12.6. The van der Waals surface area contributed by atoms with Gasteiger partial charge in [0.2, 0.25) is 0 Å². The van der Waals surface area contributed by atoms with E-state index in [2.05, 4.69) is 184 Å². The van der Waals surface area contributed by atoms with Crippen LogP contribution < -0.4 is 25.5 Å². The fourth-order valence-electron chi connectivity index (χ4n) is 11.3. The highest BCUT2D eigenvalue weighted by molar-refractivity contribution is 7.33. The summed E-state index contributed by atoms with van der Waals surface area (Å²) in [6, 6.07) is 63.7. The summed E-state index contributed by atoms with van der Waals surface area (Å²) in [6.07, 6.45) is 1.91. The summed E-state index contributed by atoms with van der Waals surface area (Å²) in [4.78, 5) is 5.08. The highest BCUT2D eigenvalue weighted by Gasteiger charge is 2.46. The number of benzene rings is 8. The number of para-hydroxylation sites is 3. The number of hydrogen-bond acceptors (Lipinski definition) is 6. The largest absolute Gasteiger partial charge is 0.464 e. The van der Waals surface area contributed by atoms with Gasteiger partial charge in [0.25, 0.3) is 6.71 Å². The Balaban J connectivity index is 1.03. The third-order valence-corrected chi connectivity index (χ3v) is 15.7. The molecule has 4 aromatic heterocycles. The lowest BCUT2D eigenvalue weighted by atomic mass is 9.36. The first-order chi connectivity index (χ1) is 33.6. The Labute approximate surface area is 404 Å². The summed E-state index contributed by atoms with van der Waals surface area (Å²) in [5.41, 5.74) is 20.2. The first kappa shape index (κ1) is 40.1. The van der Waals surface area contributed by atoms with E-state index in [1.54, 1.807) is 0 Å². The third-order valence-electron chi connectivity index (χ3n) is 14.5. The van der Waals surface area contributed by atoms with E-state index in [4.69, 9.17) is 13.3 Å². The monoisotopic (exact) mass is 908 g/mol. The van der Waals surface area contributed by atoms with Crippen LogP contribution in [-0.2, 0) is 5.41 Å². The number of nitrogens with zero attached hydrogens (tertiary/aromatic N) is 2. The molecule has 0 fully saturated rings. The maximum atomic E-state index is 6.58. The molecule has 0 unspecified atom stereocenters. The van der Waals surface area contributed by atoms with Crippen LogP contribution in [0.1, 0.15) is 37.5 Å². The second-order valence-electron chi connectivity index (χ2n) is 19.8. The van der Waals surface area contributed by atoms with Crippen LogP contribution in [0.3, 0.4) is 0 Å². The number of fused-ring (bicyclic) bond motifs is 9. The fraction of sp³-hybridized carbons (Fsp3) is 0.0968. The topological polar surface area (TPSA) is 45.9 Å². The van der Waals surface area contributed by atoms with E-state index >= 15 is 0 Å². The molecule has 12 aromatic rings. The van der Waals surface area contributed by atoms with E-state index in [1.807, 2.05) is 54.0 Å². The van der Waals surface area contributed by atoms with Crippen LogP contribution >= 0.6 is 11.3 Å². The van der Waals surface area contributed by atoms with Gasteiger partial charge in [0, 0.05) is 70.5 Å². The molecule has 0 saturated carbocycles. The first-order valence-electron chi connectivity index (χ1n) is 23.7. The summed E-state index contributed by atoms with van der Waals surface area (Å²) in [5.74, 6) is 1.69. The molecule has 14 rings (SSSR count). The molecule has 2 aliphatic rings. The lowest BCUT2D eigenvalue weighted by Crippen LogP contribution is -2.60. The minimum absolute atomic E-state index is 0.0314. The average molecular weight is 909 g/mol. The molecule has 0 aliphatic carbocycles. The van der Waals surface area contributed by atoms with Gasteiger partial charge in [-0.2, -0.15) is 0 Å². The summed E-state index contributed by atoms with van der Waals surface area (Å²) in [5, 5.41) is 4.57. The Morgan fingerprint density at radius 2 is 1.16 bits per heavy atom. The van der Waals surface area contributed by atoms with Crippen molar-refractivity contribution in [1.82, 2.24) is 0 Å². The van der Waals surface area contributed by atoms with Crippen LogP contribution in [0.25, 0.3) is 76.8 Å².